The van der Waals surface area contributed by atoms with Crippen LogP contribution in [-0.2, 0) is 10.0 Å². The largest absolute Gasteiger partial charge is 0.369 e. The predicted molar refractivity (Wildman–Crippen MR) is 131 cm³/mol. The first kappa shape index (κ1) is 25.4. The standard InChI is InChI=1S/C23H28Cl2F2N4O2S/c1-22(2)7-9-30(12-22)10-8-23(3)13-31(14-23)16-11-15(24)21(20(27)19(16)25)34(32,33)29-18-6-4-5-17(26)28-18/h4-6,11H,7-10,12-14H2,1-3H3,(H,28,29). The first-order valence-corrected chi connectivity index (χ1v) is 13.3. The molecule has 4 rings (SSSR count). The van der Waals surface area contributed by atoms with Gasteiger partial charge in [-0.3, -0.25) is 4.72 Å². The highest BCUT2D eigenvalue weighted by atomic mass is 35.5. The summed E-state index contributed by atoms with van der Waals surface area (Å²) in [6.45, 7) is 11.3. The molecule has 3 heterocycles. The normalized spacial score (nSPS) is 19.8. The van der Waals surface area contributed by atoms with Gasteiger partial charge in [-0.15, -0.1) is 0 Å². The molecule has 0 aliphatic carbocycles. The van der Waals surface area contributed by atoms with Gasteiger partial charge in [-0.2, -0.15) is 4.39 Å². The number of anilines is 2. The van der Waals surface area contributed by atoms with Crippen LogP contribution < -0.4 is 9.62 Å². The molecule has 2 saturated heterocycles. The summed E-state index contributed by atoms with van der Waals surface area (Å²) < 4.78 is 56.1. The molecule has 2 aromatic rings. The first-order valence-electron chi connectivity index (χ1n) is 11.1. The van der Waals surface area contributed by atoms with Crippen molar-refractivity contribution in [3.8, 4) is 0 Å². The number of pyridine rings is 1. The van der Waals surface area contributed by atoms with Crippen molar-refractivity contribution in [2.45, 2.75) is 38.5 Å². The van der Waals surface area contributed by atoms with E-state index in [-0.39, 0.29) is 21.3 Å². The molecule has 0 unspecified atom stereocenters. The van der Waals surface area contributed by atoms with Crippen LogP contribution in [0.1, 0.15) is 33.6 Å². The van der Waals surface area contributed by atoms with E-state index in [1.807, 2.05) is 9.62 Å². The van der Waals surface area contributed by atoms with Crippen molar-refractivity contribution in [3.05, 3.63) is 46.1 Å². The van der Waals surface area contributed by atoms with Gasteiger partial charge in [0.2, 0.25) is 5.95 Å². The molecule has 0 saturated carbocycles. The van der Waals surface area contributed by atoms with Crippen LogP contribution in [0.25, 0.3) is 0 Å². The van der Waals surface area contributed by atoms with E-state index >= 15 is 4.39 Å². The van der Waals surface area contributed by atoms with Crippen LogP contribution in [0.2, 0.25) is 10.0 Å². The molecule has 11 heteroatoms. The van der Waals surface area contributed by atoms with E-state index in [2.05, 4.69) is 30.7 Å². The van der Waals surface area contributed by atoms with Gasteiger partial charge in [0.1, 0.15) is 15.7 Å². The van der Waals surface area contributed by atoms with Crippen molar-refractivity contribution in [1.82, 2.24) is 9.88 Å². The minimum atomic E-state index is -4.49. The van der Waals surface area contributed by atoms with Crippen LogP contribution in [-0.4, -0.2) is 51.0 Å². The van der Waals surface area contributed by atoms with Crippen LogP contribution in [0, 0.1) is 22.6 Å². The molecule has 0 atom stereocenters. The Bertz CT molecular complexity index is 1200. The van der Waals surface area contributed by atoms with E-state index < -0.39 is 26.7 Å². The molecule has 2 aliphatic heterocycles. The van der Waals surface area contributed by atoms with Crippen molar-refractivity contribution in [1.29, 1.82) is 0 Å². The third-order valence-corrected chi connectivity index (χ3v) is 8.78. The van der Waals surface area contributed by atoms with Gasteiger partial charge in [0.05, 0.1) is 10.7 Å². The molecule has 0 spiro atoms. The minimum absolute atomic E-state index is 0.0500. The van der Waals surface area contributed by atoms with E-state index in [4.69, 9.17) is 23.2 Å². The van der Waals surface area contributed by atoms with E-state index in [9.17, 15) is 12.8 Å². The summed E-state index contributed by atoms with van der Waals surface area (Å²) in [5.41, 5.74) is 0.761. The Morgan fingerprint density at radius 2 is 1.85 bits per heavy atom. The number of aromatic nitrogens is 1. The van der Waals surface area contributed by atoms with Gasteiger partial charge < -0.3 is 9.80 Å². The summed E-state index contributed by atoms with van der Waals surface area (Å²) in [5, 5.41) is -0.631. The van der Waals surface area contributed by atoms with Crippen LogP contribution in [0.4, 0.5) is 20.3 Å². The zero-order chi connectivity index (χ0) is 24.9. The molecular formula is C23H28Cl2F2N4O2S. The molecular weight excluding hydrogens is 505 g/mol. The number of benzene rings is 1. The maximum Gasteiger partial charge on any atom is 0.267 e. The molecule has 186 valence electrons. The fraction of sp³-hybridized carbons (Fsp3) is 0.522. The molecule has 1 aromatic heterocycles. The monoisotopic (exact) mass is 532 g/mol. The van der Waals surface area contributed by atoms with Gasteiger partial charge in [-0.05, 0) is 49.5 Å². The van der Waals surface area contributed by atoms with Crippen molar-refractivity contribution in [2.75, 3.05) is 42.3 Å². The lowest BCUT2D eigenvalue weighted by atomic mass is 9.78. The smallest absolute Gasteiger partial charge is 0.267 e. The zero-order valence-electron chi connectivity index (χ0n) is 19.3. The zero-order valence-corrected chi connectivity index (χ0v) is 21.7. The Kier molecular flexibility index (Phi) is 6.78. The minimum Gasteiger partial charge on any atom is -0.369 e. The molecule has 0 amide bonds. The molecule has 2 aliphatic rings. The highest BCUT2D eigenvalue weighted by Crippen LogP contribution is 2.44. The SMILES string of the molecule is CC1(C)CCN(CCC2(C)CN(c3cc(Cl)c(S(=O)(=O)Nc4cccc(F)n4)c(F)c3Cl)C2)C1. The van der Waals surface area contributed by atoms with Gasteiger partial charge in [-0.25, -0.2) is 17.8 Å². The first-order chi connectivity index (χ1) is 15.8. The van der Waals surface area contributed by atoms with Gasteiger partial charge in [-0.1, -0.05) is 50.0 Å². The molecule has 0 bridgehead atoms. The Balaban J connectivity index is 1.47. The fourth-order valence-corrected chi connectivity index (χ4v) is 6.70. The molecule has 1 aromatic carbocycles. The van der Waals surface area contributed by atoms with E-state index in [0.717, 1.165) is 32.1 Å². The second-order valence-electron chi connectivity index (χ2n) is 10.4. The number of likely N-dealkylation sites (tertiary alicyclic amines) is 1. The highest BCUT2D eigenvalue weighted by Gasteiger charge is 2.41. The van der Waals surface area contributed by atoms with E-state index in [0.29, 0.717) is 24.2 Å². The van der Waals surface area contributed by atoms with Gasteiger partial charge in [0, 0.05) is 25.0 Å². The Hall–Kier alpha value is -1.68. The highest BCUT2D eigenvalue weighted by molar-refractivity contribution is 7.92. The number of hydrogen-bond acceptors (Lipinski definition) is 5. The number of sulfonamides is 1. The van der Waals surface area contributed by atoms with Gasteiger partial charge in [0.15, 0.2) is 5.82 Å². The van der Waals surface area contributed by atoms with Crippen LogP contribution >= 0.6 is 23.2 Å². The number of nitrogens with one attached hydrogen (secondary N) is 1. The van der Waals surface area contributed by atoms with Crippen molar-refractivity contribution in [3.63, 3.8) is 0 Å². The summed E-state index contributed by atoms with van der Waals surface area (Å²) >= 11 is 12.5. The quantitative estimate of drug-likeness (QED) is 0.381. The van der Waals surface area contributed by atoms with Crippen molar-refractivity contribution < 1.29 is 17.2 Å². The lowest BCUT2D eigenvalue weighted by molar-refractivity contribution is 0.179. The Morgan fingerprint density at radius 1 is 1.15 bits per heavy atom. The lowest BCUT2D eigenvalue weighted by Gasteiger charge is -2.50. The summed E-state index contributed by atoms with van der Waals surface area (Å²) in [7, 11) is -4.49. The average molecular weight is 533 g/mol. The predicted octanol–water partition coefficient (Wildman–Crippen LogP) is 5.42. The summed E-state index contributed by atoms with van der Waals surface area (Å²) in [5.74, 6) is -2.33. The molecule has 6 nitrogen and oxygen atoms in total. The van der Waals surface area contributed by atoms with Gasteiger partial charge in [0.25, 0.3) is 10.0 Å². The van der Waals surface area contributed by atoms with E-state index in [1.54, 1.807) is 0 Å². The van der Waals surface area contributed by atoms with Gasteiger partial charge >= 0.3 is 0 Å². The second kappa shape index (κ2) is 9.08. The molecule has 34 heavy (non-hydrogen) atoms. The number of rotatable bonds is 7. The van der Waals surface area contributed by atoms with Crippen LogP contribution in [0.5, 0.6) is 0 Å². The number of hydrogen-bond donors (Lipinski definition) is 1. The Labute approximate surface area is 209 Å². The average Bonchev–Trinajstić information content (AvgIpc) is 3.05. The summed E-state index contributed by atoms with van der Waals surface area (Å²) in [6.07, 6.45) is 2.20. The van der Waals surface area contributed by atoms with Crippen LogP contribution in [0.3, 0.4) is 0 Å². The third-order valence-electron chi connectivity index (χ3n) is 6.59. The number of halogens is 4. The Morgan fingerprint density at radius 3 is 2.47 bits per heavy atom. The topological polar surface area (TPSA) is 65.5 Å². The fourth-order valence-electron chi connectivity index (χ4n) is 4.74. The van der Waals surface area contributed by atoms with E-state index in [1.165, 1.54) is 24.6 Å². The molecule has 2 fully saturated rings. The van der Waals surface area contributed by atoms with Crippen molar-refractivity contribution >= 4 is 44.7 Å². The maximum absolute atomic E-state index is 15.2. The second-order valence-corrected chi connectivity index (χ2v) is 12.8. The maximum atomic E-state index is 15.2. The number of nitrogens with zero attached hydrogens (tertiary/aromatic N) is 3. The molecule has 1 N–H and O–H groups in total. The van der Waals surface area contributed by atoms with Crippen LogP contribution in [0.15, 0.2) is 29.2 Å². The third kappa shape index (κ3) is 5.27. The summed E-state index contributed by atoms with van der Waals surface area (Å²) in [4.78, 5) is 7.03. The van der Waals surface area contributed by atoms with Crippen molar-refractivity contribution in [2.24, 2.45) is 10.8 Å². The molecule has 0 radical (unpaired) electrons. The lowest BCUT2D eigenvalue weighted by Crippen LogP contribution is -2.56. The summed E-state index contributed by atoms with van der Waals surface area (Å²) in [6, 6.07) is 4.94.